The van der Waals surface area contributed by atoms with Gasteiger partial charge in [0.1, 0.15) is 12.5 Å². The van der Waals surface area contributed by atoms with Gasteiger partial charge in [0.15, 0.2) is 0 Å². The summed E-state index contributed by atoms with van der Waals surface area (Å²) in [6, 6.07) is 1.56. The topological polar surface area (TPSA) is 54.0 Å². The number of nitrogens with zero attached hydrogens (tertiary/aromatic N) is 1. The number of carbonyl (C=O) groups excluding carboxylic acids is 1. The summed E-state index contributed by atoms with van der Waals surface area (Å²) in [6.07, 6.45) is 2.36. The highest BCUT2D eigenvalue weighted by molar-refractivity contribution is 6.33. The number of hydrogen-bond donors (Lipinski definition) is 2. The largest absolute Gasteiger partial charge is 0.370 e. The van der Waals surface area contributed by atoms with Gasteiger partial charge >= 0.3 is 0 Å². The number of halogens is 2. The van der Waals surface area contributed by atoms with E-state index < -0.39 is 12.6 Å². The Bertz CT molecular complexity index is 387. The molecule has 0 saturated carbocycles. The highest BCUT2D eigenvalue weighted by atomic mass is 35.5. The van der Waals surface area contributed by atoms with Crippen molar-refractivity contribution in [1.82, 2.24) is 10.3 Å². The Hall–Kier alpha value is -1.36. The van der Waals surface area contributed by atoms with Crippen molar-refractivity contribution in [3.8, 4) is 0 Å². The van der Waals surface area contributed by atoms with Gasteiger partial charge in [0.05, 0.1) is 10.6 Å². The minimum Gasteiger partial charge on any atom is -0.370 e. The van der Waals surface area contributed by atoms with Gasteiger partial charge in [0.25, 0.3) is 5.91 Å². The number of aromatic nitrogens is 1. The number of carbonyl (C=O) groups is 1. The van der Waals surface area contributed by atoms with Crippen molar-refractivity contribution in [2.45, 2.75) is 13.3 Å². The van der Waals surface area contributed by atoms with Crippen LogP contribution in [0.4, 0.5) is 10.2 Å². The lowest BCUT2D eigenvalue weighted by Gasteiger charge is -2.08. The normalized spacial score (nSPS) is 10.1. The van der Waals surface area contributed by atoms with Gasteiger partial charge in [-0.15, -0.1) is 0 Å². The van der Waals surface area contributed by atoms with E-state index in [4.69, 9.17) is 11.6 Å². The van der Waals surface area contributed by atoms with Crippen LogP contribution >= 0.6 is 11.6 Å². The fraction of sp³-hybridized carbons (Fsp3) is 0.455. The molecule has 1 aromatic rings. The minimum absolute atomic E-state index is 0.0186. The molecule has 94 valence electrons. The quantitative estimate of drug-likeness (QED) is 0.824. The van der Waals surface area contributed by atoms with E-state index in [0.29, 0.717) is 11.4 Å². The first-order chi connectivity index (χ1) is 8.19. The summed E-state index contributed by atoms with van der Waals surface area (Å²) < 4.78 is 11.9. The third-order valence-electron chi connectivity index (χ3n) is 2.04. The van der Waals surface area contributed by atoms with Gasteiger partial charge < -0.3 is 10.6 Å². The molecule has 0 bridgehead atoms. The summed E-state index contributed by atoms with van der Waals surface area (Å²) >= 11 is 5.86. The molecule has 4 nitrogen and oxygen atoms in total. The molecule has 2 N–H and O–H groups in total. The number of hydrogen-bond acceptors (Lipinski definition) is 3. The first kappa shape index (κ1) is 13.7. The van der Waals surface area contributed by atoms with Crippen molar-refractivity contribution in [3.05, 3.63) is 22.8 Å². The van der Waals surface area contributed by atoms with Gasteiger partial charge in [0, 0.05) is 19.3 Å². The van der Waals surface area contributed by atoms with E-state index in [9.17, 15) is 9.18 Å². The van der Waals surface area contributed by atoms with Crippen LogP contribution in [0.25, 0.3) is 0 Å². The Kier molecular flexibility index (Phi) is 5.69. The van der Waals surface area contributed by atoms with Gasteiger partial charge in [0.2, 0.25) is 0 Å². The predicted octanol–water partition coefficient (Wildman–Crippen LogP) is 2.26. The van der Waals surface area contributed by atoms with E-state index in [1.807, 2.05) is 6.92 Å². The molecule has 17 heavy (non-hydrogen) atoms. The molecule has 0 fully saturated rings. The molecule has 1 amide bonds. The van der Waals surface area contributed by atoms with Crippen LogP contribution in [0.3, 0.4) is 0 Å². The predicted molar refractivity (Wildman–Crippen MR) is 66.3 cm³/mol. The molecule has 0 aromatic carbocycles. The maximum Gasteiger partial charge on any atom is 0.253 e. The third kappa shape index (κ3) is 4.19. The molecular weight excluding hydrogens is 245 g/mol. The van der Waals surface area contributed by atoms with Gasteiger partial charge in [-0.3, -0.25) is 4.79 Å². The van der Waals surface area contributed by atoms with Gasteiger partial charge in [-0.25, -0.2) is 9.37 Å². The maximum absolute atomic E-state index is 11.9. The minimum atomic E-state index is -0.602. The summed E-state index contributed by atoms with van der Waals surface area (Å²) in [5, 5.41) is 5.72. The molecule has 0 radical (unpaired) electrons. The van der Waals surface area contributed by atoms with E-state index in [0.717, 1.165) is 13.0 Å². The summed E-state index contributed by atoms with van der Waals surface area (Å²) in [5.41, 5.74) is 0.300. The Morgan fingerprint density at radius 3 is 2.94 bits per heavy atom. The Morgan fingerprint density at radius 1 is 1.53 bits per heavy atom. The summed E-state index contributed by atoms with van der Waals surface area (Å²) in [5.74, 6) is 0.191. The van der Waals surface area contributed by atoms with E-state index >= 15 is 0 Å². The fourth-order valence-corrected chi connectivity index (χ4v) is 1.41. The lowest BCUT2D eigenvalue weighted by atomic mass is 10.2. The van der Waals surface area contributed by atoms with Gasteiger partial charge in [-0.05, 0) is 12.5 Å². The Balaban J connectivity index is 2.78. The zero-order valence-electron chi connectivity index (χ0n) is 9.59. The second kappa shape index (κ2) is 7.06. The van der Waals surface area contributed by atoms with Crippen molar-refractivity contribution >= 4 is 23.3 Å². The first-order valence-electron chi connectivity index (χ1n) is 5.42. The number of alkyl halides is 1. The van der Waals surface area contributed by atoms with E-state index in [-0.39, 0.29) is 11.6 Å². The van der Waals surface area contributed by atoms with E-state index in [2.05, 4.69) is 15.6 Å². The van der Waals surface area contributed by atoms with Crippen LogP contribution in [0, 0.1) is 0 Å². The average molecular weight is 260 g/mol. The van der Waals surface area contributed by atoms with Crippen LogP contribution in [0.1, 0.15) is 23.7 Å². The number of amides is 1. The maximum atomic E-state index is 11.9. The van der Waals surface area contributed by atoms with Crippen molar-refractivity contribution in [2.75, 3.05) is 25.1 Å². The van der Waals surface area contributed by atoms with Crippen molar-refractivity contribution in [3.63, 3.8) is 0 Å². The van der Waals surface area contributed by atoms with Gasteiger partial charge in [-0.1, -0.05) is 18.5 Å². The van der Waals surface area contributed by atoms with Crippen LogP contribution in [0.5, 0.6) is 0 Å². The number of pyridine rings is 1. The monoisotopic (exact) mass is 259 g/mol. The smallest absolute Gasteiger partial charge is 0.253 e. The molecule has 0 atom stereocenters. The molecule has 0 spiro atoms. The van der Waals surface area contributed by atoms with Crippen LogP contribution in [0.2, 0.25) is 5.02 Å². The zero-order chi connectivity index (χ0) is 12.7. The highest BCUT2D eigenvalue weighted by Gasteiger charge is 2.11. The van der Waals surface area contributed by atoms with Crippen molar-refractivity contribution in [2.24, 2.45) is 0 Å². The van der Waals surface area contributed by atoms with E-state index in [1.165, 1.54) is 6.20 Å². The molecule has 1 rings (SSSR count). The standard InChI is InChI=1S/C11H15ClFN3O/c1-2-4-14-10-6-8(9(12)7-16-10)11(17)15-5-3-13/h6-7H,2-5H2,1H3,(H,14,16)(H,15,17). The van der Waals surface area contributed by atoms with E-state index in [1.54, 1.807) is 6.07 Å². The Morgan fingerprint density at radius 2 is 2.29 bits per heavy atom. The van der Waals surface area contributed by atoms with Crippen molar-refractivity contribution in [1.29, 1.82) is 0 Å². The number of nitrogens with one attached hydrogen (secondary N) is 2. The highest BCUT2D eigenvalue weighted by Crippen LogP contribution is 2.17. The van der Waals surface area contributed by atoms with Crippen LogP contribution in [-0.4, -0.2) is 30.7 Å². The third-order valence-corrected chi connectivity index (χ3v) is 2.34. The molecule has 0 aliphatic heterocycles. The van der Waals surface area contributed by atoms with Crippen LogP contribution in [0.15, 0.2) is 12.3 Å². The molecule has 6 heteroatoms. The molecule has 0 aliphatic rings. The molecular formula is C11H15ClFN3O. The lowest BCUT2D eigenvalue weighted by Crippen LogP contribution is -2.26. The lowest BCUT2D eigenvalue weighted by molar-refractivity contribution is 0.0951. The van der Waals surface area contributed by atoms with Crippen LogP contribution in [-0.2, 0) is 0 Å². The molecule has 1 aromatic heterocycles. The second-order valence-electron chi connectivity index (χ2n) is 3.42. The van der Waals surface area contributed by atoms with Gasteiger partial charge in [-0.2, -0.15) is 0 Å². The second-order valence-corrected chi connectivity index (χ2v) is 3.83. The number of rotatable bonds is 6. The van der Waals surface area contributed by atoms with Crippen LogP contribution < -0.4 is 10.6 Å². The summed E-state index contributed by atoms with van der Waals surface area (Å²) in [4.78, 5) is 15.7. The molecule has 1 heterocycles. The summed E-state index contributed by atoms with van der Waals surface area (Å²) in [6.45, 7) is 2.17. The SMILES string of the molecule is CCCNc1cc(C(=O)NCCF)c(Cl)cn1. The molecule has 0 saturated heterocycles. The zero-order valence-corrected chi connectivity index (χ0v) is 10.4. The van der Waals surface area contributed by atoms with Crippen molar-refractivity contribution < 1.29 is 9.18 Å². The Labute approximate surface area is 105 Å². The average Bonchev–Trinajstić information content (AvgIpc) is 2.35. The fourth-order valence-electron chi connectivity index (χ4n) is 1.22. The molecule has 0 aliphatic carbocycles. The number of anilines is 1. The first-order valence-corrected chi connectivity index (χ1v) is 5.80. The molecule has 0 unspecified atom stereocenters. The summed E-state index contributed by atoms with van der Waals surface area (Å²) in [7, 11) is 0.